The number of aryl methyl sites for hydroxylation is 1. The van der Waals surface area contributed by atoms with Crippen LogP contribution in [0.3, 0.4) is 0 Å². The molecule has 2 aromatic heterocycles. The number of rotatable bonds is 4. The highest BCUT2D eigenvalue weighted by molar-refractivity contribution is 6.31. The normalized spacial score (nSPS) is 10.7. The van der Waals surface area contributed by atoms with E-state index in [1.807, 2.05) is 13.0 Å². The van der Waals surface area contributed by atoms with Crippen LogP contribution in [0.1, 0.15) is 21.9 Å². The van der Waals surface area contributed by atoms with E-state index in [0.29, 0.717) is 22.2 Å². The van der Waals surface area contributed by atoms with Crippen molar-refractivity contribution in [1.82, 2.24) is 20.3 Å². The van der Waals surface area contributed by atoms with Gasteiger partial charge in [0.2, 0.25) is 0 Å². The third kappa shape index (κ3) is 3.27. The summed E-state index contributed by atoms with van der Waals surface area (Å²) in [5.74, 6) is 0.843. The molecule has 23 heavy (non-hydrogen) atoms. The second-order valence-corrected chi connectivity index (χ2v) is 5.49. The Morgan fingerprint density at radius 2 is 2.22 bits per heavy atom. The Labute approximate surface area is 137 Å². The molecular formula is C16H15ClN4O2. The summed E-state index contributed by atoms with van der Waals surface area (Å²) in [6, 6.07) is 7.09. The number of methoxy groups -OCH3 is 1. The van der Waals surface area contributed by atoms with Crippen molar-refractivity contribution >= 4 is 28.5 Å². The summed E-state index contributed by atoms with van der Waals surface area (Å²) in [5, 5.41) is 3.45. The number of aromatic amines is 1. The van der Waals surface area contributed by atoms with E-state index >= 15 is 0 Å². The number of ether oxygens (including phenoxy) is 1. The monoisotopic (exact) mass is 330 g/mol. The van der Waals surface area contributed by atoms with Gasteiger partial charge in [-0.15, -0.1) is 0 Å². The van der Waals surface area contributed by atoms with Crippen LogP contribution in [0, 0.1) is 6.92 Å². The summed E-state index contributed by atoms with van der Waals surface area (Å²) in [5.41, 5.74) is 2.82. The van der Waals surface area contributed by atoms with E-state index in [1.165, 1.54) is 13.3 Å². The smallest absolute Gasteiger partial charge is 0.255 e. The van der Waals surface area contributed by atoms with Crippen molar-refractivity contribution in [3.63, 3.8) is 0 Å². The molecule has 0 unspecified atom stereocenters. The molecule has 0 aliphatic rings. The Morgan fingerprint density at radius 3 is 3.00 bits per heavy atom. The van der Waals surface area contributed by atoms with Crippen molar-refractivity contribution < 1.29 is 9.53 Å². The maximum Gasteiger partial charge on any atom is 0.255 e. The highest BCUT2D eigenvalue weighted by Crippen LogP contribution is 2.19. The molecule has 7 heteroatoms. The number of hydrogen-bond donors (Lipinski definition) is 2. The number of carbonyl (C=O) groups is 1. The number of carbonyl (C=O) groups excluding carboxylic acids is 1. The summed E-state index contributed by atoms with van der Waals surface area (Å²) < 4.78 is 5.17. The van der Waals surface area contributed by atoms with E-state index in [2.05, 4.69) is 20.3 Å². The minimum absolute atomic E-state index is 0.245. The van der Waals surface area contributed by atoms with Crippen molar-refractivity contribution in [3.8, 4) is 5.75 Å². The topological polar surface area (TPSA) is 79.9 Å². The number of nitrogens with zero attached hydrogens (tertiary/aromatic N) is 2. The highest BCUT2D eigenvalue weighted by Gasteiger charge is 2.13. The predicted molar refractivity (Wildman–Crippen MR) is 87.8 cm³/mol. The molecule has 0 bridgehead atoms. The fourth-order valence-corrected chi connectivity index (χ4v) is 2.44. The Kier molecular flexibility index (Phi) is 4.16. The number of nitrogens with one attached hydrogen (secondary N) is 2. The molecule has 3 aromatic rings. The first kappa shape index (κ1) is 15.3. The fraction of sp³-hybridized carbons (Fsp3) is 0.188. The summed E-state index contributed by atoms with van der Waals surface area (Å²) in [7, 11) is 1.51. The van der Waals surface area contributed by atoms with E-state index < -0.39 is 0 Å². The first-order chi connectivity index (χ1) is 11.1. The molecule has 1 aromatic carbocycles. The minimum Gasteiger partial charge on any atom is -0.494 e. The van der Waals surface area contributed by atoms with Gasteiger partial charge in [-0.3, -0.25) is 9.78 Å². The van der Waals surface area contributed by atoms with Crippen molar-refractivity contribution in [2.75, 3.05) is 7.11 Å². The lowest BCUT2D eigenvalue weighted by Gasteiger charge is -2.08. The van der Waals surface area contributed by atoms with Gasteiger partial charge in [-0.1, -0.05) is 11.6 Å². The standard InChI is InChI=1S/C16H15ClN4O2/c1-9-5-11(14(23-2)7-18-9)16(22)19-8-15-20-12-4-3-10(17)6-13(12)21-15/h3-7H,8H2,1-2H3,(H,19,22)(H,20,21). The highest BCUT2D eigenvalue weighted by atomic mass is 35.5. The quantitative estimate of drug-likeness (QED) is 0.771. The van der Waals surface area contributed by atoms with Crippen LogP contribution < -0.4 is 10.1 Å². The molecule has 1 amide bonds. The molecule has 0 saturated heterocycles. The molecule has 3 rings (SSSR count). The largest absolute Gasteiger partial charge is 0.494 e. The lowest BCUT2D eigenvalue weighted by molar-refractivity contribution is 0.0946. The van der Waals surface area contributed by atoms with Gasteiger partial charge >= 0.3 is 0 Å². The van der Waals surface area contributed by atoms with Crippen LogP contribution >= 0.6 is 11.6 Å². The lowest BCUT2D eigenvalue weighted by Crippen LogP contribution is -2.24. The number of imidazole rings is 1. The van der Waals surface area contributed by atoms with E-state index in [9.17, 15) is 4.79 Å². The zero-order valence-electron chi connectivity index (χ0n) is 12.7. The number of benzene rings is 1. The van der Waals surface area contributed by atoms with Crippen LogP contribution in [0.4, 0.5) is 0 Å². The first-order valence-corrected chi connectivity index (χ1v) is 7.37. The first-order valence-electron chi connectivity index (χ1n) is 7.00. The molecule has 0 aliphatic carbocycles. The molecule has 2 heterocycles. The number of H-pyrrole nitrogens is 1. The number of fused-ring (bicyclic) bond motifs is 1. The van der Waals surface area contributed by atoms with Crippen LogP contribution in [0.25, 0.3) is 11.0 Å². The molecule has 2 N–H and O–H groups in total. The summed E-state index contributed by atoms with van der Waals surface area (Å²) in [6.07, 6.45) is 1.54. The van der Waals surface area contributed by atoms with E-state index in [0.717, 1.165) is 16.7 Å². The van der Waals surface area contributed by atoms with Crippen molar-refractivity contribution in [3.05, 3.63) is 52.6 Å². The SMILES string of the molecule is COc1cnc(C)cc1C(=O)NCc1nc2ccc(Cl)cc2[nH]1. The van der Waals surface area contributed by atoms with Gasteiger partial charge in [0.05, 0.1) is 36.4 Å². The van der Waals surface area contributed by atoms with Gasteiger partial charge in [-0.2, -0.15) is 0 Å². The molecular weight excluding hydrogens is 316 g/mol. The zero-order valence-corrected chi connectivity index (χ0v) is 13.4. The Hall–Kier alpha value is -2.60. The summed E-state index contributed by atoms with van der Waals surface area (Å²) >= 11 is 5.95. The third-order valence-corrected chi connectivity index (χ3v) is 3.61. The van der Waals surface area contributed by atoms with Gasteiger partial charge in [-0.05, 0) is 31.2 Å². The van der Waals surface area contributed by atoms with Gasteiger partial charge < -0.3 is 15.0 Å². The number of pyridine rings is 1. The van der Waals surface area contributed by atoms with Gasteiger partial charge in [-0.25, -0.2) is 4.98 Å². The van der Waals surface area contributed by atoms with Gasteiger partial charge in [0.25, 0.3) is 5.91 Å². The number of amides is 1. The minimum atomic E-state index is -0.245. The van der Waals surface area contributed by atoms with Crippen LogP contribution in [0.15, 0.2) is 30.5 Å². The van der Waals surface area contributed by atoms with E-state index in [4.69, 9.17) is 16.3 Å². The molecule has 0 saturated carbocycles. The van der Waals surface area contributed by atoms with Crippen LogP contribution in [-0.4, -0.2) is 28.0 Å². The number of halogens is 1. The summed E-state index contributed by atoms with van der Waals surface area (Å²) in [6.45, 7) is 2.09. The molecule has 0 radical (unpaired) electrons. The van der Waals surface area contributed by atoms with Gasteiger partial charge in [0.1, 0.15) is 11.6 Å². The molecule has 6 nitrogen and oxygen atoms in total. The van der Waals surface area contributed by atoms with Crippen LogP contribution in [-0.2, 0) is 6.54 Å². The molecule has 0 aliphatic heterocycles. The third-order valence-electron chi connectivity index (χ3n) is 3.38. The maximum absolute atomic E-state index is 12.3. The maximum atomic E-state index is 12.3. The molecule has 0 fully saturated rings. The Balaban J connectivity index is 1.76. The molecule has 0 spiro atoms. The van der Waals surface area contributed by atoms with Crippen LogP contribution in [0.5, 0.6) is 5.75 Å². The Bertz CT molecular complexity index is 876. The number of aromatic nitrogens is 3. The summed E-state index contributed by atoms with van der Waals surface area (Å²) in [4.78, 5) is 24.0. The Morgan fingerprint density at radius 1 is 1.39 bits per heavy atom. The van der Waals surface area contributed by atoms with Crippen molar-refractivity contribution in [2.45, 2.75) is 13.5 Å². The van der Waals surface area contributed by atoms with Gasteiger partial charge in [0.15, 0.2) is 0 Å². The van der Waals surface area contributed by atoms with Crippen molar-refractivity contribution in [2.24, 2.45) is 0 Å². The second-order valence-electron chi connectivity index (χ2n) is 5.05. The lowest BCUT2D eigenvalue weighted by atomic mass is 10.2. The van der Waals surface area contributed by atoms with Crippen LogP contribution in [0.2, 0.25) is 5.02 Å². The molecule has 118 valence electrons. The zero-order chi connectivity index (χ0) is 16.4. The van der Waals surface area contributed by atoms with E-state index in [1.54, 1.807) is 18.2 Å². The fourth-order valence-electron chi connectivity index (χ4n) is 2.27. The van der Waals surface area contributed by atoms with Crippen molar-refractivity contribution in [1.29, 1.82) is 0 Å². The molecule has 0 atom stereocenters. The number of hydrogen-bond acceptors (Lipinski definition) is 4. The van der Waals surface area contributed by atoms with Gasteiger partial charge in [0, 0.05) is 10.7 Å². The second kappa shape index (κ2) is 6.26. The average molecular weight is 331 g/mol. The average Bonchev–Trinajstić information content (AvgIpc) is 2.94. The predicted octanol–water partition coefficient (Wildman–Crippen LogP) is 2.86. The van der Waals surface area contributed by atoms with E-state index in [-0.39, 0.29) is 12.5 Å².